The van der Waals surface area contributed by atoms with Crippen LogP contribution in [0.4, 0.5) is 0 Å². The summed E-state index contributed by atoms with van der Waals surface area (Å²) in [5, 5.41) is 9.85. The van der Waals surface area contributed by atoms with Gasteiger partial charge in [-0.05, 0) is 0 Å². The molecular formula is C13H22N6O2. The second kappa shape index (κ2) is 6.66. The monoisotopic (exact) mass is 294 g/mol. The van der Waals surface area contributed by atoms with E-state index in [0.29, 0.717) is 18.9 Å². The van der Waals surface area contributed by atoms with E-state index in [-0.39, 0.29) is 30.1 Å². The van der Waals surface area contributed by atoms with Crippen molar-refractivity contribution >= 4 is 11.8 Å². The van der Waals surface area contributed by atoms with Crippen LogP contribution in [0.5, 0.6) is 0 Å². The van der Waals surface area contributed by atoms with Crippen molar-refractivity contribution in [1.82, 2.24) is 30.3 Å². The highest BCUT2D eigenvalue weighted by molar-refractivity contribution is 5.93. The van der Waals surface area contributed by atoms with E-state index >= 15 is 0 Å². The Balaban J connectivity index is 1.93. The molecule has 1 aliphatic heterocycles. The molecule has 21 heavy (non-hydrogen) atoms. The molecule has 0 spiro atoms. The van der Waals surface area contributed by atoms with E-state index in [9.17, 15) is 9.59 Å². The molecule has 0 saturated carbocycles. The number of likely N-dealkylation sites (N-methyl/N-ethyl adjacent to an activating group) is 1. The summed E-state index contributed by atoms with van der Waals surface area (Å²) in [7, 11) is 1.59. The number of nitrogens with zero attached hydrogens (tertiary/aromatic N) is 4. The molecule has 1 aliphatic rings. The number of amides is 2. The predicted molar refractivity (Wildman–Crippen MR) is 76.9 cm³/mol. The lowest BCUT2D eigenvalue weighted by Crippen LogP contribution is -2.49. The van der Waals surface area contributed by atoms with Crippen LogP contribution >= 0.6 is 0 Å². The van der Waals surface area contributed by atoms with Crippen molar-refractivity contribution in [3.8, 4) is 0 Å². The maximum atomic E-state index is 12.2. The number of hydrogen-bond donors (Lipinski definition) is 2. The van der Waals surface area contributed by atoms with E-state index < -0.39 is 0 Å². The Hall–Kier alpha value is -1.96. The van der Waals surface area contributed by atoms with Gasteiger partial charge in [0.1, 0.15) is 5.82 Å². The molecule has 1 aromatic heterocycles. The van der Waals surface area contributed by atoms with E-state index in [1.165, 1.54) is 4.90 Å². The second-order valence-electron chi connectivity index (χ2n) is 5.49. The van der Waals surface area contributed by atoms with Crippen molar-refractivity contribution in [2.75, 3.05) is 39.8 Å². The molecule has 2 heterocycles. The summed E-state index contributed by atoms with van der Waals surface area (Å²) in [6.45, 7) is 6.92. The molecule has 1 aromatic rings. The summed E-state index contributed by atoms with van der Waals surface area (Å²) in [4.78, 5) is 31.6. The molecule has 0 bridgehead atoms. The zero-order valence-electron chi connectivity index (χ0n) is 12.7. The van der Waals surface area contributed by atoms with Gasteiger partial charge >= 0.3 is 0 Å². The Labute approximate surface area is 123 Å². The summed E-state index contributed by atoms with van der Waals surface area (Å²) in [6, 6.07) is 0. The largest absolute Gasteiger partial charge is 0.339 e. The van der Waals surface area contributed by atoms with Crippen LogP contribution in [0.25, 0.3) is 0 Å². The molecule has 0 aromatic carbocycles. The molecule has 1 saturated heterocycles. The number of hydrogen-bond acceptors (Lipinski definition) is 5. The first-order chi connectivity index (χ1) is 9.99. The second-order valence-corrected chi connectivity index (χ2v) is 5.49. The summed E-state index contributed by atoms with van der Waals surface area (Å²) >= 11 is 0. The van der Waals surface area contributed by atoms with Gasteiger partial charge in [0.15, 0.2) is 0 Å². The first-order valence-corrected chi connectivity index (χ1v) is 7.15. The molecule has 0 radical (unpaired) electrons. The SMILES string of the molecule is CC(C)c1nc(C(=O)N(C)CC(=O)N2CCNCC2)n[nH]1. The predicted octanol–water partition coefficient (Wildman–Crippen LogP) is -0.568. The average Bonchev–Trinajstić information content (AvgIpc) is 2.97. The first-order valence-electron chi connectivity index (χ1n) is 7.15. The minimum atomic E-state index is -0.346. The van der Waals surface area contributed by atoms with Crippen LogP contribution in [-0.2, 0) is 4.79 Å². The van der Waals surface area contributed by atoms with Crippen molar-refractivity contribution in [2.24, 2.45) is 0 Å². The number of rotatable bonds is 4. The molecular weight excluding hydrogens is 272 g/mol. The Morgan fingerprint density at radius 2 is 2.00 bits per heavy atom. The average molecular weight is 294 g/mol. The molecule has 2 amide bonds. The zero-order chi connectivity index (χ0) is 15.4. The Kier molecular flexibility index (Phi) is 4.89. The fraction of sp³-hybridized carbons (Fsp3) is 0.692. The van der Waals surface area contributed by atoms with Gasteiger partial charge in [0.05, 0.1) is 6.54 Å². The van der Waals surface area contributed by atoms with E-state index in [1.807, 2.05) is 13.8 Å². The molecule has 0 unspecified atom stereocenters. The number of carbonyl (C=O) groups excluding carboxylic acids is 2. The summed E-state index contributed by atoms with van der Waals surface area (Å²) in [5.74, 6) is 0.551. The highest BCUT2D eigenvalue weighted by Crippen LogP contribution is 2.08. The minimum Gasteiger partial charge on any atom is -0.339 e. The Morgan fingerprint density at radius 1 is 1.33 bits per heavy atom. The fourth-order valence-electron chi connectivity index (χ4n) is 2.09. The summed E-state index contributed by atoms with van der Waals surface area (Å²) in [5.41, 5.74) is 0. The quantitative estimate of drug-likeness (QED) is 0.776. The topological polar surface area (TPSA) is 94.2 Å². The van der Waals surface area contributed by atoms with Gasteiger partial charge in [0, 0.05) is 39.1 Å². The first kappa shape index (κ1) is 15.4. The van der Waals surface area contributed by atoms with E-state index in [2.05, 4.69) is 20.5 Å². The van der Waals surface area contributed by atoms with Crippen molar-refractivity contribution in [2.45, 2.75) is 19.8 Å². The lowest BCUT2D eigenvalue weighted by molar-refractivity contribution is -0.132. The number of piperazine rings is 1. The Bertz CT molecular complexity index is 507. The van der Waals surface area contributed by atoms with Crippen LogP contribution in [0.15, 0.2) is 0 Å². The van der Waals surface area contributed by atoms with Crippen LogP contribution in [0.2, 0.25) is 0 Å². The van der Waals surface area contributed by atoms with Crippen LogP contribution in [0.3, 0.4) is 0 Å². The Morgan fingerprint density at radius 3 is 2.57 bits per heavy atom. The molecule has 8 nitrogen and oxygen atoms in total. The summed E-state index contributed by atoms with van der Waals surface area (Å²) < 4.78 is 0. The van der Waals surface area contributed by atoms with Gasteiger partial charge in [-0.15, -0.1) is 5.10 Å². The molecule has 8 heteroatoms. The summed E-state index contributed by atoms with van der Waals surface area (Å²) in [6.07, 6.45) is 0. The number of aromatic amines is 1. The van der Waals surface area contributed by atoms with Crippen molar-refractivity contribution in [3.05, 3.63) is 11.6 Å². The van der Waals surface area contributed by atoms with Gasteiger partial charge in [-0.1, -0.05) is 13.8 Å². The molecule has 0 aliphatic carbocycles. The van der Waals surface area contributed by atoms with Crippen molar-refractivity contribution in [1.29, 1.82) is 0 Å². The number of nitrogens with one attached hydrogen (secondary N) is 2. The van der Waals surface area contributed by atoms with Gasteiger partial charge in [0.2, 0.25) is 11.7 Å². The number of H-pyrrole nitrogens is 1. The number of carbonyl (C=O) groups is 2. The smallest absolute Gasteiger partial charge is 0.293 e. The van der Waals surface area contributed by atoms with Crippen LogP contribution in [-0.4, -0.2) is 76.6 Å². The van der Waals surface area contributed by atoms with Crippen LogP contribution < -0.4 is 5.32 Å². The third-order valence-corrected chi connectivity index (χ3v) is 3.43. The normalized spacial score (nSPS) is 15.3. The standard InChI is InChI=1S/C13H22N6O2/c1-9(2)11-15-12(17-16-11)13(21)18(3)8-10(20)19-6-4-14-5-7-19/h9,14H,4-8H2,1-3H3,(H,15,16,17). The highest BCUT2D eigenvalue weighted by Gasteiger charge is 2.23. The van der Waals surface area contributed by atoms with Crippen molar-refractivity contribution in [3.63, 3.8) is 0 Å². The molecule has 2 N–H and O–H groups in total. The van der Waals surface area contributed by atoms with E-state index in [1.54, 1.807) is 11.9 Å². The lowest BCUT2D eigenvalue weighted by Gasteiger charge is -2.29. The highest BCUT2D eigenvalue weighted by atomic mass is 16.2. The van der Waals surface area contributed by atoms with E-state index in [0.717, 1.165) is 13.1 Å². The molecule has 1 fully saturated rings. The lowest BCUT2D eigenvalue weighted by atomic mass is 10.2. The molecule has 116 valence electrons. The maximum absolute atomic E-state index is 12.2. The van der Waals surface area contributed by atoms with Crippen molar-refractivity contribution < 1.29 is 9.59 Å². The van der Waals surface area contributed by atoms with E-state index in [4.69, 9.17) is 0 Å². The molecule has 2 rings (SSSR count). The van der Waals surface area contributed by atoms with Gasteiger partial charge in [0.25, 0.3) is 5.91 Å². The van der Waals surface area contributed by atoms with Crippen LogP contribution in [0, 0.1) is 0 Å². The van der Waals surface area contributed by atoms with Gasteiger partial charge in [-0.25, -0.2) is 4.98 Å². The van der Waals surface area contributed by atoms with Crippen LogP contribution in [0.1, 0.15) is 36.2 Å². The fourth-order valence-corrected chi connectivity index (χ4v) is 2.09. The van der Waals surface area contributed by atoms with Gasteiger partial charge in [-0.2, -0.15) is 0 Å². The third-order valence-electron chi connectivity index (χ3n) is 3.43. The minimum absolute atomic E-state index is 0.0460. The number of aromatic nitrogens is 3. The maximum Gasteiger partial charge on any atom is 0.293 e. The molecule has 0 atom stereocenters. The van der Waals surface area contributed by atoms with Gasteiger partial charge < -0.3 is 15.1 Å². The third kappa shape index (κ3) is 3.78. The van der Waals surface area contributed by atoms with Gasteiger partial charge in [-0.3, -0.25) is 14.7 Å². The zero-order valence-corrected chi connectivity index (χ0v) is 12.7.